The van der Waals surface area contributed by atoms with E-state index in [1.54, 1.807) is 0 Å². The van der Waals surface area contributed by atoms with E-state index in [4.69, 9.17) is 0 Å². The average Bonchev–Trinajstić information content (AvgIpc) is 2.44. The van der Waals surface area contributed by atoms with Crippen molar-refractivity contribution in [1.82, 2.24) is 5.43 Å². The second-order valence-electron chi connectivity index (χ2n) is 8.99. The fourth-order valence-electron chi connectivity index (χ4n) is 6.24. The van der Waals surface area contributed by atoms with Crippen molar-refractivity contribution in [1.29, 1.82) is 0 Å². The van der Waals surface area contributed by atoms with Crippen molar-refractivity contribution < 1.29 is 4.79 Å². The lowest BCUT2D eigenvalue weighted by molar-refractivity contribution is -0.129. The maximum atomic E-state index is 12.4. The third-order valence-electron chi connectivity index (χ3n) is 6.89. The number of rotatable bonds is 3. The first-order chi connectivity index (χ1) is 10.6. The summed E-state index contributed by atoms with van der Waals surface area (Å²) in [5.41, 5.74) is 4.43. The highest BCUT2D eigenvalue weighted by Crippen LogP contribution is 2.61. The summed E-state index contributed by atoms with van der Waals surface area (Å²) < 4.78 is 0. The van der Waals surface area contributed by atoms with Crippen molar-refractivity contribution in [2.75, 3.05) is 0 Å². The van der Waals surface area contributed by atoms with Gasteiger partial charge in [-0.3, -0.25) is 4.79 Å². The largest absolute Gasteiger partial charge is 0.273 e. The molecule has 22 heavy (non-hydrogen) atoms. The fourth-order valence-corrected chi connectivity index (χ4v) is 6.24. The summed E-state index contributed by atoms with van der Waals surface area (Å²) in [7, 11) is 0. The van der Waals surface area contributed by atoms with Crippen LogP contribution in [0.5, 0.6) is 0 Å². The second-order valence-corrected chi connectivity index (χ2v) is 8.99. The number of hydrogen-bond acceptors (Lipinski definition) is 2. The smallest absolute Gasteiger partial charge is 0.240 e. The molecule has 122 valence electrons. The molecule has 0 spiro atoms. The zero-order chi connectivity index (χ0) is 15.2. The van der Waals surface area contributed by atoms with Crippen LogP contribution < -0.4 is 5.43 Å². The molecule has 1 N–H and O–H groups in total. The minimum atomic E-state index is 0.174. The Kier molecular flexibility index (Phi) is 3.78. The van der Waals surface area contributed by atoms with Gasteiger partial charge in [-0.2, -0.15) is 5.10 Å². The van der Waals surface area contributed by atoms with Gasteiger partial charge < -0.3 is 0 Å². The number of amides is 1. The van der Waals surface area contributed by atoms with Crippen molar-refractivity contribution in [2.45, 2.75) is 77.6 Å². The highest BCUT2D eigenvalue weighted by molar-refractivity contribution is 5.87. The predicted octanol–water partition coefficient (Wildman–Crippen LogP) is 4.28. The SMILES string of the molecule is CC1CCC(=NNC(=O)CC23CC4CC(CC(C4)C2)C3)CC1. The molecule has 0 aliphatic heterocycles. The van der Waals surface area contributed by atoms with Crippen LogP contribution >= 0.6 is 0 Å². The Labute approximate surface area is 134 Å². The average molecular weight is 302 g/mol. The molecule has 5 saturated carbocycles. The first-order valence-corrected chi connectivity index (χ1v) is 9.44. The van der Waals surface area contributed by atoms with Crippen LogP contribution in [0.15, 0.2) is 5.10 Å². The molecule has 0 heterocycles. The summed E-state index contributed by atoms with van der Waals surface area (Å²) in [6.07, 6.45) is 13.6. The van der Waals surface area contributed by atoms with Gasteiger partial charge in [0.15, 0.2) is 0 Å². The third-order valence-corrected chi connectivity index (χ3v) is 6.89. The molecule has 3 nitrogen and oxygen atoms in total. The highest BCUT2D eigenvalue weighted by Gasteiger charge is 2.51. The van der Waals surface area contributed by atoms with Crippen molar-refractivity contribution >= 4 is 11.6 Å². The number of carbonyl (C=O) groups excluding carboxylic acids is 1. The van der Waals surface area contributed by atoms with Gasteiger partial charge in [-0.15, -0.1) is 0 Å². The van der Waals surface area contributed by atoms with E-state index in [1.165, 1.54) is 57.1 Å². The van der Waals surface area contributed by atoms with Gasteiger partial charge >= 0.3 is 0 Å². The van der Waals surface area contributed by atoms with Gasteiger partial charge in [-0.05, 0) is 93.3 Å². The highest BCUT2D eigenvalue weighted by atomic mass is 16.2. The van der Waals surface area contributed by atoms with Gasteiger partial charge in [0.2, 0.25) is 5.91 Å². The quantitative estimate of drug-likeness (QED) is 0.777. The van der Waals surface area contributed by atoms with Gasteiger partial charge in [-0.25, -0.2) is 5.43 Å². The standard InChI is InChI=1S/C19H30N2O/c1-13-2-4-17(5-3-13)20-21-18(22)12-19-9-14-6-15(10-19)8-16(7-14)11-19/h13-16H,2-12H2,1H3,(H,21,22). The van der Waals surface area contributed by atoms with Crippen LogP contribution in [0.2, 0.25) is 0 Å². The molecular weight excluding hydrogens is 272 g/mol. The lowest BCUT2D eigenvalue weighted by Gasteiger charge is -2.56. The summed E-state index contributed by atoms with van der Waals surface area (Å²) >= 11 is 0. The molecule has 4 bridgehead atoms. The van der Waals surface area contributed by atoms with Crippen LogP contribution in [-0.2, 0) is 4.79 Å². The van der Waals surface area contributed by atoms with E-state index < -0.39 is 0 Å². The number of nitrogens with one attached hydrogen (secondary N) is 1. The summed E-state index contributed by atoms with van der Waals surface area (Å²) in [5.74, 6) is 3.76. The summed E-state index contributed by atoms with van der Waals surface area (Å²) in [4.78, 5) is 12.4. The summed E-state index contributed by atoms with van der Waals surface area (Å²) in [6, 6.07) is 0. The molecule has 5 rings (SSSR count). The molecule has 0 aromatic heterocycles. The minimum Gasteiger partial charge on any atom is -0.273 e. The van der Waals surface area contributed by atoms with Crippen molar-refractivity contribution in [3.05, 3.63) is 0 Å². The number of hydrogen-bond donors (Lipinski definition) is 1. The lowest BCUT2D eigenvalue weighted by atomic mass is 9.49. The predicted molar refractivity (Wildman–Crippen MR) is 88.4 cm³/mol. The molecule has 0 aromatic rings. The van der Waals surface area contributed by atoms with Crippen LogP contribution in [0.3, 0.4) is 0 Å². The van der Waals surface area contributed by atoms with Gasteiger partial charge in [0.25, 0.3) is 0 Å². The second kappa shape index (κ2) is 5.65. The molecule has 0 unspecified atom stereocenters. The number of carbonyl (C=O) groups is 1. The normalized spacial score (nSPS) is 43.2. The van der Waals surface area contributed by atoms with E-state index in [0.717, 1.165) is 42.9 Å². The van der Waals surface area contributed by atoms with Crippen molar-refractivity contribution in [3.63, 3.8) is 0 Å². The lowest BCUT2D eigenvalue weighted by Crippen LogP contribution is -2.47. The van der Waals surface area contributed by atoms with E-state index in [-0.39, 0.29) is 5.91 Å². The van der Waals surface area contributed by atoms with E-state index >= 15 is 0 Å². The first kappa shape index (κ1) is 14.7. The number of nitrogens with zero attached hydrogens (tertiary/aromatic N) is 1. The summed E-state index contributed by atoms with van der Waals surface area (Å²) in [6.45, 7) is 2.31. The van der Waals surface area contributed by atoms with Gasteiger partial charge in [0, 0.05) is 12.1 Å². The van der Waals surface area contributed by atoms with Gasteiger partial charge in [0.05, 0.1) is 0 Å². The molecule has 0 atom stereocenters. The van der Waals surface area contributed by atoms with E-state index in [2.05, 4.69) is 17.5 Å². The van der Waals surface area contributed by atoms with Crippen LogP contribution in [0.4, 0.5) is 0 Å². The topological polar surface area (TPSA) is 41.5 Å². The third kappa shape index (κ3) is 2.96. The molecule has 5 aliphatic rings. The first-order valence-electron chi connectivity index (χ1n) is 9.44. The van der Waals surface area contributed by atoms with Crippen LogP contribution in [-0.4, -0.2) is 11.6 Å². The molecule has 0 radical (unpaired) electrons. The Balaban J connectivity index is 1.33. The Morgan fingerprint density at radius 1 is 1.09 bits per heavy atom. The molecule has 0 aromatic carbocycles. The zero-order valence-corrected chi connectivity index (χ0v) is 13.9. The summed E-state index contributed by atoms with van der Waals surface area (Å²) in [5, 5.41) is 4.43. The molecule has 3 heteroatoms. The molecule has 5 aliphatic carbocycles. The Hall–Kier alpha value is -0.860. The minimum absolute atomic E-state index is 0.174. The fraction of sp³-hybridized carbons (Fsp3) is 0.895. The number of hydrazone groups is 1. The van der Waals surface area contributed by atoms with Crippen molar-refractivity contribution in [3.8, 4) is 0 Å². The maximum absolute atomic E-state index is 12.4. The molecular formula is C19H30N2O. The van der Waals surface area contributed by atoms with Gasteiger partial charge in [-0.1, -0.05) is 6.92 Å². The Morgan fingerprint density at radius 3 is 2.18 bits per heavy atom. The van der Waals surface area contributed by atoms with Crippen LogP contribution in [0, 0.1) is 29.1 Å². The maximum Gasteiger partial charge on any atom is 0.240 e. The Morgan fingerprint density at radius 2 is 1.64 bits per heavy atom. The molecule has 0 saturated heterocycles. The van der Waals surface area contributed by atoms with Crippen LogP contribution in [0.25, 0.3) is 0 Å². The van der Waals surface area contributed by atoms with E-state index in [1.807, 2.05) is 0 Å². The molecule has 1 amide bonds. The monoisotopic (exact) mass is 302 g/mol. The molecule has 5 fully saturated rings. The van der Waals surface area contributed by atoms with E-state index in [9.17, 15) is 4.79 Å². The van der Waals surface area contributed by atoms with Gasteiger partial charge in [0.1, 0.15) is 0 Å². The van der Waals surface area contributed by atoms with Crippen LogP contribution in [0.1, 0.15) is 77.6 Å². The zero-order valence-electron chi connectivity index (χ0n) is 13.9. The Bertz CT molecular complexity index is 437. The van der Waals surface area contributed by atoms with Crippen molar-refractivity contribution in [2.24, 2.45) is 34.2 Å². The van der Waals surface area contributed by atoms with E-state index in [0.29, 0.717) is 5.41 Å².